The van der Waals surface area contributed by atoms with Gasteiger partial charge in [-0.2, -0.15) is 0 Å². The van der Waals surface area contributed by atoms with Crippen molar-refractivity contribution < 1.29 is 23.1 Å². The molecular weight excluding hydrogens is 352 g/mol. The zero-order valence-corrected chi connectivity index (χ0v) is 14.7. The number of rotatable bonds is 8. The number of anilines is 1. The highest BCUT2D eigenvalue weighted by atomic mass is 19.2. The number of ether oxygens (including phenoxy) is 2. The van der Waals surface area contributed by atoms with Crippen LogP contribution in [-0.2, 0) is 6.61 Å². The molecule has 0 aromatic heterocycles. The Morgan fingerprint density at radius 1 is 0.815 bits per heavy atom. The average Bonchev–Trinajstić information content (AvgIpc) is 2.69. The second-order valence-corrected chi connectivity index (χ2v) is 5.64. The summed E-state index contributed by atoms with van der Waals surface area (Å²) < 4.78 is 37.7. The van der Waals surface area contributed by atoms with Gasteiger partial charge in [0.2, 0.25) is 0 Å². The molecule has 140 valence electrons. The molecular formula is C21H19F2NO3. The second-order valence-electron chi connectivity index (χ2n) is 5.64. The normalized spacial score (nSPS) is 10.3. The van der Waals surface area contributed by atoms with E-state index >= 15 is 0 Å². The van der Waals surface area contributed by atoms with Crippen LogP contribution in [0.5, 0.6) is 17.2 Å². The van der Waals surface area contributed by atoms with Crippen LogP contribution in [0.4, 0.5) is 14.5 Å². The van der Waals surface area contributed by atoms with Crippen molar-refractivity contribution in [2.45, 2.75) is 13.5 Å². The summed E-state index contributed by atoms with van der Waals surface area (Å²) in [5.41, 5.74) is 3.75. The fourth-order valence-electron chi connectivity index (χ4n) is 2.36. The summed E-state index contributed by atoms with van der Waals surface area (Å²) in [6.07, 6.45) is 0. The lowest BCUT2D eigenvalue weighted by molar-refractivity contribution is 0.296. The summed E-state index contributed by atoms with van der Waals surface area (Å²) in [7, 11) is 0. The molecule has 0 spiro atoms. The maximum atomic E-state index is 13.6. The number of benzene rings is 3. The van der Waals surface area contributed by atoms with Crippen molar-refractivity contribution in [3.63, 3.8) is 0 Å². The number of hydrogen-bond acceptors (Lipinski definition) is 4. The molecule has 0 heterocycles. The molecule has 0 atom stereocenters. The Balaban J connectivity index is 1.54. The maximum absolute atomic E-state index is 13.6. The molecule has 4 nitrogen and oxygen atoms in total. The summed E-state index contributed by atoms with van der Waals surface area (Å²) in [5, 5.41) is 0. The minimum atomic E-state index is -0.893. The molecule has 0 bridgehead atoms. The molecule has 0 saturated carbocycles. The number of halogens is 2. The van der Waals surface area contributed by atoms with Gasteiger partial charge in [0, 0.05) is 11.6 Å². The Morgan fingerprint density at radius 3 is 2.33 bits per heavy atom. The monoisotopic (exact) mass is 371 g/mol. The molecule has 3 aromatic rings. The lowest BCUT2D eigenvalue weighted by Gasteiger charge is -2.11. The summed E-state index contributed by atoms with van der Waals surface area (Å²) in [6.45, 7) is 2.44. The Morgan fingerprint density at radius 2 is 1.56 bits per heavy atom. The second kappa shape index (κ2) is 8.89. The molecule has 0 saturated heterocycles. The first-order valence-corrected chi connectivity index (χ1v) is 8.47. The molecule has 27 heavy (non-hydrogen) atoms. The Hall–Kier alpha value is -3.28. The summed E-state index contributed by atoms with van der Waals surface area (Å²) in [6, 6.07) is 18.2. The first kappa shape index (κ1) is 18.5. The van der Waals surface area contributed by atoms with Crippen molar-refractivity contribution in [2.75, 3.05) is 12.1 Å². The highest BCUT2D eigenvalue weighted by Gasteiger charge is 2.08. The molecule has 1 N–H and O–H groups in total. The smallest absolute Gasteiger partial charge is 0.165 e. The minimum absolute atomic E-state index is 0.0632. The average molecular weight is 371 g/mol. The lowest BCUT2D eigenvalue weighted by Crippen LogP contribution is -2.05. The minimum Gasteiger partial charge on any atom is -0.494 e. The van der Waals surface area contributed by atoms with Crippen molar-refractivity contribution in [1.82, 2.24) is 0 Å². The SMILES string of the molecule is CCOc1cccc(NOc2ccc(OCc3cccc(F)c3F)cc2)c1. The molecule has 0 aliphatic heterocycles. The van der Waals surface area contributed by atoms with Crippen LogP contribution in [0.1, 0.15) is 12.5 Å². The summed E-state index contributed by atoms with van der Waals surface area (Å²) in [5.74, 6) is 0.0557. The van der Waals surface area contributed by atoms with Gasteiger partial charge in [0.1, 0.15) is 18.1 Å². The van der Waals surface area contributed by atoms with Crippen LogP contribution in [0, 0.1) is 11.6 Å². The van der Waals surface area contributed by atoms with E-state index in [0.29, 0.717) is 18.1 Å². The van der Waals surface area contributed by atoms with Gasteiger partial charge in [0.15, 0.2) is 17.4 Å². The Labute approximate surface area is 156 Å². The number of hydrogen-bond donors (Lipinski definition) is 1. The van der Waals surface area contributed by atoms with Gasteiger partial charge in [-0.25, -0.2) is 14.3 Å². The van der Waals surface area contributed by atoms with Gasteiger partial charge in [-0.1, -0.05) is 18.2 Å². The van der Waals surface area contributed by atoms with E-state index < -0.39 is 11.6 Å². The predicted molar refractivity (Wildman–Crippen MR) is 99.0 cm³/mol. The van der Waals surface area contributed by atoms with Crippen molar-refractivity contribution in [2.24, 2.45) is 0 Å². The van der Waals surface area contributed by atoms with Gasteiger partial charge in [0.25, 0.3) is 0 Å². The highest BCUT2D eigenvalue weighted by Crippen LogP contribution is 2.22. The largest absolute Gasteiger partial charge is 0.494 e. The fourth-order valence-corrected chi connectivity index (χ4v) is 2.36. The van der Waals surface area contributed by atoms with E-state index in [1.165, 1.54) is 12.1 Å². The van der Waals surface area contributed by atoms with Gasteiger partial charge in [-0.3, -0.25) is 0 Å². The first-order valence-electron chi connectivity index (χ1n) is 8.47. The molecule has 0 amide bonds. The van der Waals surface area contributed by atoms with Crippen molar-refractivity contribution in [1.29, 1.82) is 0 Å². The van der Waals surface area contributed by atoms with E-state index in [0.717, 1.165) is 17.5 Å². The standard InChI is InChI=1S/C21H19F2NO3/c1-2-25-19-7-4-6-16(13-19)24-27-18-11-9-17(10-12-18)26-14-15-5-3-8-20(22)21(15)23/h3-13,24H,2,14H2,1H3. The zero-order chi connectivity index (χ0) is 19.1. The van der Waals surface area contributed by atoms with Crippen LogP contribution in [0.2, 0.25) is 0 Å². The van der Waals surface area contributed by atoms with Gasteiger partial charge >= 0.3 is 0 Å². The van der Waals surface area contributed by atoms with Crippen LogP contribution in [0.25, 0.3) is 0 Å². The summed E-state index contributed by atoms with van der Waals surface area (Å²) in [4.78, 5) is 5.51. The van der Waals surface area contributed by atoms with Gasteiger partial charge in [-0.15, -0.1) is 0 Å². The fraction of sp³-hybridized carbons (Fsp3) is 0.143. The molecule has 3 rings (SSSR count). The molecule has 0 fully saturated rings. The van der Waals surface area contributed by atoms with E-state index in [2.05, 4.69) is 5.48 Å². The van der Waals surface area contributed by atoms with Gasteiger partial charge in [0.05, 0.1) is 12.3 Å². The van der Waals surface area contributed by atoms with Crippen LogP contribution < -0.4 is 19.8 Å². The van der Waals surface area contributed by atoms with E-state index in [9.17, 15) is 8.78 Å². The molecule has 0 radical (unpaired) electrons. The Bertz CT molecular complexity index is 885. The van der Waals surface area contributed by atoms with Crippen LogP contribution in [-0.4, -0.2) is 6.61 Å². The topological polar surface area (TPSA) is 39.7 Å². The zero-order valence-electron chi connectivity index (χ0n) is 14.7. The van der Waals surface area contributed by atoms with E-state index in [1.54, 1.807) is 24.3 Å². The quantitative estimate of drug-likeness (QED) is 0.542. The van der Waals surface area contributed by atoms with E-state index in [-0.39, 0.29) is 12.2 Å². The third-order valence-corrected chi connectivity index (χ3v) is 3.68. The van der Waals surface area contributed by atoms with Gasteiger partial charge < -0.3 is 14.3 Å². The Kier molecular flexibility index (Phi) is 6.10. The lowest BCUT2D eigenvalue weighted by atomic mass is 10.2. The van der Waals surface area contributed by atoms with E-state index in [1.807, 2.05) is 31.2 Å². The third-order valence-electron chi connectivity index (χ3n) is 3.68. The van der Waals surface area contributed by atoms with Crippen LogP contribution in [0.15, 0.2) is 66.7 Å². The highest BCUT2D eigenvalue weighted by molar-refractivity contribution is 5.47. The maximum Gasteiger partial charge on any atom is 0.165 e. The van der Waals surface area contributed by atoms with Crippen LogP contribution >= 0.6 is 0 Å². The molecule has 3 aromatic carbocycles. The van der Waals surface area contributed by atoms with Gasteiger partial charge in [-0.05, 0) is 49.4 Å². The number of nitrogens with one attached hydrogen (secondary N) is 1. The van der Waals surface area contributed by atoms with Crippen LogP contribution in [0.3, 0.4) is 0 Å². The first-order chi connectivity index (χ1) is 13.2. The van der Waals surface area contributed by atoms with Crippen molar-refractivity contribution in [3.8, 4) is 17.2 Å². The van der Waals surface area contributed by atoms with Crippen molar-refractivity contribution in [3.05, 3.63) is 83.9 Å². The van der Waals surface area contributed by atoms with E-state index in [4.69, 9.17) is 14.3 Å². The molecule has 0 aliphatic rings. The molecule has 6 heteroatoms. The molecule has 0 aliphatic carbocycles. The third kappa shape index (κ3) is 5.10. The van der Waals surface area contributed by atoms with Crippen molar-refractivity contribution >= 4 is 5.69 Å². The predicted octanol–water partition coefficient (Wildman–Crippen LogP) is 5.35. The summed E-state index contributed by atoms with van der Waals surface area (Å²) >= 11 is 0. The molecule has 0 unspecified atom stereocenters.